The molecule has 130 valence electrons. The van der Waals surface area contributed by atoms with E-state index >= 15 is 0 Å². The zero-order chi connectivity index (χ0) is 17.1. The molecule has 5 heteroatoms. The topological polar surface area (TPSA) is 52.7 Å². The quantitative estimate of drug-likeness (QED) is 0.924. The number of rotatable bonds is 3. The molecule has 1 N–H and O–H groups in total. The van der Waals surface area contributed by atoms with Crippen LogP contribution in [0.15, 0.2) is 24.3 Å². The second-order valence-electron chi connectivity index (χ2n) is 7.17. The molecule has 0 saturated carbocycles. The lowest BCUT2D eigenvalue weighted by Gasteiger charge is -2.36. The smallest absolute Gasteiger partial charge is 0.241 e. The second-order valence-corrected chi connectivity index (χ2v) is 7.17. The molecule has 5 nitrogen and oxygen atoms in total. The number of benzene rings is 1. The fraction of sp³-hybridized carbons (Fsp3) is 0.579. The minimum atomic E-state index is -0.0529. The summed E-state index contributed by atoms with van der Waals surface area (Å²) in [4.78, 5) is 28.4. The largest absolute Gasteiger partial charge is 0.349 e. The van der Waals surface area contributed by atoms with E-state index in [2.05, 4.69) is 16.3 Å². The van der Waals surface area contributed by atoms with Gasteiger partial charge in [-0.05, 0) is 56.3 Å². The Bertz CT molecular complexity index is 606. The first-order valence-corrected chi connectivity index (χ1v) is 8.87. The van der Waals surface area contributed by atoms with Crippen LogP contribution in [0.25, 0.3) is 0 Å². The summed E-state index contributed by atoms with van der Waals surface area (Å²) in [7, 11) is 3.62. The number of carbonyl (C=O) groups is 2. The molecule has 0 spiro atoms. The summed E-state index contributed by atoms with van der Waals surface area (Å²) in [6, 6.07) is 8.01. The maximum absolute atomic E-state index is 12.6. The normalized spacial score (nSPS) is 22.4. The van der Waals surface area contributed by atoms with Gasteiger partial charge in [0.05, 0.1) is 6.04 Å². The molecule has 2 aliphatic heterocycles. The van der Waals surface area contributed by atoms with Crippen molar-refractivity contribution in [2.45, 2.75) is 38.1 Å². The van der Waals surface area contributed by atoms with Crippen LogP contribution in [0.2, 0.25) is 0 Å². The van der Waals surface area contributed by atoms with Gasteiger partial charge in [-0.25, -0.2) is 0 Å². The van der Waals surface area contributed by atoms with Crippen LogP contribution in [-0.4, -0.2) is 54.8 Å². The van der Waals surface area contributed by atoms with Crippen molar-refractivity contribution in [3.63, 3.8) is 0 Å². The SMILES string of the molecule is CN(C)C(=O)CC1CCN(C2CCc3ccccc3NC2=O)CC1. The number of fused-ring (bicyclic) bond motifs is 1. The van der Waals surface area contributed by atoms with E-state index in [9.17, 15) is 9.59 Å². The highest BCUT2D eigenvalue weighted by atomic mass is 16.2. The highest BCUT2D eigenvalue weighted by Gasteiger charge is 2.32. The molecule has 0 aliphatic carbocycles. The van der Waals surface area contributed by atoms with E-state index in [4.69, 9.17) is 0 Å². The first-order chi connectivity index (χ1) is 11.5. The van der Waals surface area contributed by atoms with E-state index in [0.717, 1.165) is 44.5 Å². The Morgan fingerprint density at radius 1 is 1.21 bits per heavy atom. The number of hydrogen-bond acceptors (Lipinski definition) is 3. The van der Waals surface area contributed by atoms with Crippen molar-refractivity contribution >= 4 is 17.5 Å². The van der Waals surface area contributed by atoms with Gasteiger partial charge in [-0.2, -0.15) is 0 Å². The molecule has 1 aromatic rings. The number of aryl methyl sites for hydroxylation is 1. The van der Waals surface area contributed by atoms with Gasteiger partial charge >= 0.3 is 0 Å². The molecule has 2 amide bonds. The summed E-state index contributed by atoms with van der Waals surface area (Å²) in [5, 5.41) is 3.09. The number of hydrogen-bond donors (Lipinski definition) is 1. The number of carbonyl (C=O) groups excluding carboxylic acids is 2. The number of likely N-dealkylation sites (tertiary alicyclic amines) is 1. The molecule has 0 aromatic heterocycles. The summed E-state index contributed by atoms with van der Waals surface area (Å²) in [5.74, 6) is 0.765. The van der Waals surface area contributed by atoms with Crippen LogP contribution in [0.1, 0.15) is 31.2 Å². The molecule has 1 unspecified atom stereocenters. The average Bonchev–Trinajstić information content (AvgIpc) is 2.74. The number of nitrogens with one attached hydrogen (secondary N) is 1. The van der Waals surface area contributed by atoms with Gasteiger partial charge in [0.25, 0.3) is 0 Å². The lowest BCUT2D eigenvalue weighted by molar-refractivity contribution is -0.130. The van der Waals surface area contributed by atoms with Crippen molar-refractivity contribution < 1.29 is 9.59 Å². The zero-order valence-electron chi connectivity index (χ0n) is 14.6. The summed E-state index contributed by atoms with van der Waals surface area (Å²) < 4.78 is 0. The second kappa shape index (κ2) is 7.34. The van der Waals surface area contributed by atoms with Crippen LogP contribution >= 0.6 is 0 Å². The number of nitrogens with zero attached hydrogens (tertiary/aromatic N) is 2. The number of piperidine rings is 1. The summed E-state index contributed by atoms with van der Waals surface area (Å²) in [5.41, 5.74) is 2.18. The lowest BCUT2D eigenvalue weighted by Crippen LogP contribution is -2.47. The minimum Gasteiger partial charge on any atom is -0.349 e. The van der Waals surface area contributed by atoms with Gasteiger partial charge in [-0.3, -0.25) is 14.5 Å². The standard InChI is InChI=1S/C19H27N3O2/c1-21(2)18(23)13-14-9-11-22(12-10-14)17-8-7-15-5-3-4-6-16(15)20-19(17)24/h3-6,14,17H,7-13H2,1-2H3,(H,20,24). The van der Waals surface area contributed by atoms with Gasteiger partial charge in [-0.15, -0.1) is 0 Å². The third-order valence-electron chi connectivity index (χ3n) is 5.32. The van der Waals surface area contributed by atoms with Crippen molar-refractivity contribution in [1.82, 2.24) is 9.80 Å². The molecule has 0 radical (unpaired) electrons. The van der Waals surface area contributed by atoms with Crippen LogP contribution in [0, 0.1) is 5.92 Å². The molecule has 2 heterocycles. The molecule has 3 rings (SSSR count). The molecule has 2 aliphatic rings. The molecule has 1 fully saturated rings. The first kappa shape index (κ1) is 17.0. The predicted molar refractivity (Wildman–Crippen MR) is 94.8 cm³/mol. The highest BCUT2D eigenvalue weighted by molar-refractivity contribution is 5.96. The Kier molecular flexibility index (Phi) is 5.19. The Labute approximate surface area is 144 Å². The highest BCUT2D eigenvalue weighted by Crippen LogP contribution is 2.27. The van der Waals surface area contributed by atoms with Crippen LogP contribution < -0.4 is 5.32 Å². The van der Waals surface area contributed by atoms with Crippen molar-refractivity contribution in [3.05, 3.63) is 29.8 Å². The molecule has 1 aromatic carbocycles. The van der Waals surface area contributed by atoms with E-state index in [1.807, 2.05) is 32.3 Å². The van der Waals surface area contributed by atoms with Crippen LogP contribution in [-0.2, 0) is 16.0 Å². The number of para-hydroxylation sites is 1. The van der Waals surface area contributed by atoms with Gasteiger partial charge in [0.2, 0.25) is 11.8 Å². The van der Waals surface area contributed by atoms with Gasteiger partial charge < -0.3 is 10.2 Å². The minimum absolute atomic E-state index is 0.0529. The number of amides is 2. The van der Waals surface area contributed by atoms with Crippen molar-refractivity contribution in [2.24, 2.45) is 5.92 Å². The summed E-state index contributed by atoms with van der Waals surface area (Å²) in [6.07, 6.45) is 4.42. The van der Waals surface area contributed by atoms with Gasteiger partial charge in [-0.1, -0.05) is 18.2 Å². The average molecular weight is 329 g/mol. The molecule has 24 heavy (non-hydrogen) atoms. The first-order valence-electron chi connectivity index (χ1n) is 8.87. The number of anilines is 1. The Balaban J connectivity index is 1.57. The Hall–Kier alpha value is -1.88. The predicted octanol–water partition coefficient (Wildman–Crippen LogP) is 2.13. The van der Waals surface area contributed by atoms with E-state index in [0.29, 0.717) is 12.3 Å². The van der Waals surface area contributed by atoms with Gasteiger partial charge in [0.1, 0.15) is 0 Å². The lowest BCUT2D eigenvalue weighted by atomic mass is 9.91. The molecule has 0 bridgehead atoms. The van der Waals surface area contributed by atoms with Crippen molar-refractivity contribution in [3.8, 4) is 0 Å². The zero-order valence-corrected chi connectivity index (χ0v) is 14.6. The third kappa shape index (κ3) is 3.78. The fourth-order valence-electron chi connectivity index (χ4n) is 3.75. The molecular formula is C19H27N3O2. The monoisotopic (exact) mass is 329 g/mol. The van der Waals surface area contributed by atoms with E-state index in [1.54, 1.807) is 4.90 Å². The molecular weight excluding hydrogens is 302 g/mol. The maximum Gasteiger partial charge on any atom is 0.241 e. The third-order valence-corrected chi connectivity index (χ3v) is 5.32. The maximum atomic E-state index is 12.6. The van der Waals surface area contributed by atoms with E-state index in [-0.39, 0.29) is 17.9 Å². The summed E-state index contributed by atoms with van der Waals surface area (Å²) in [6.45, 7) is 1.81. The molecule has 1 saturated heterocycles. The van der Waals surface area contributed by atoms with Gasteiger partial charge in [0.15, 0.2) is 0 Å². The van der Waals surface area contributed by atoms with E-state index in [1.165, 1.54) is 5.56 Å². The fourth-order valence-corrected chi connectivity index (χ4v) is 3.75. The van der Waals surface area contributed by atoms with Crippen molar-refractivity contribution in [2.75, 3.05) is 32.5 Å². The van der Waals surface area contributed by atoms with Crippen LogP contribution in [0.4, 0.5) is 5.69 Å². The summed E-state index contributed by atoms with van der Waals surface area (Å²) >= 11 is 0. The van der Waals surface area contributed by atoms with Gasteiger partial charge in [0, 0.05) is 26.2 Å². The van der Waals surface area contributed by atoms with Crippen LogP contribution in [0.5, 0.6) is 0 Å². The molecule has 1 atom stereocenters. The van der Waals surface area contributed by atoms with Crippen LogP contribution in [0.3, 0.4) is 0 Å². The van der Waals surface area contributed by atoms with Crippen molar-refractivity contribution in [1.29, 1.82) is 0 Å². The Morgan fingerprint density at radius 2 is 1.92 bits per heavy atom. The Morgan fingerprint density at radius 3 is 2.62 bits per heavy atom. The van der Waals surface area contributed by atoms with E-state index < -0.39 is 0 Å².